The summed E-state index contributed by atoms with van der Waals surface area (Å²) in [6.45, 7) is 10.6. The first-order valence-corrected chi connectivity index (χ1v) is 14.1. The first-order chi connectivity index (χ1) is 19.4. The van der Waals surface area contributed by atoms with E-state index in [2.05, 4.69) is 89.3 Å². The fourth-order valence-corrected chi connectivity index (χ4v) is 5.80. The molecule has 3 N–H and O–H groups in total. The van der Waals surface area contributed by atoms with Gasteiger partial charge in [-0.3, -0.25) is 4.79 Å². The number of aromatic nitrogens is 4. The molecule has 4 rings (SSSR count). The van der Waals surface area contributed by atoms with E-state index in [0.717, 1.165) is 47.2 Å². The number of hydrogen-bond donors (Lipinski definition) is 2. The number of benzene rings is 2. The van der Waals surface area contributed by atoms with Crippen LogP contribution in [0.2, 0.25) is 0 Å². The topological polar surface area (TPSA) is 104 Å². The molecule has 0 bridgehead atoms. The number of nitrogens with two attached hydrogens (primary N) is 1. The fourth-order valence-electron chi connectivity index (χ4n) is 5.80. The average molecular weight is 554 g/mol. The number of fused-ring (bicyclic) bond motifs is 1. The second-order valence-electron chi connectivity index (χ2n) is 11.7. The SMILES string of the molecule is C=C(C/C(C)=C/C1=C(C)C(CC(N)c2ccc(C)cc2)(c2nn[nH]n2)c2ccc(C(=O)N(C)C)cc2CC1)N(C)C. The minimum absolute atomic E-state index is 0.0265. The van der Waals surface area contributed by atoms with Crippen molar-refractivity contribution < 1.29 is 4.79 Å². The molecular formula is C33H43N7O. The molecule has 3 aromatic rings. The van der Waals surface area contributed by atoms with Crippen molar-refractivity contribution in [3.63, 3.8) is 0 Å². The van der Waals surface area contributed by atoms with Gasteiger partial charge in [0.2, 0.25) is 0 Å². The molecule has 0 fully saturated rings. The van der Waals surface area contributed by atoms with Crippen LogP contribution in [0.25, 0.3) is 0 Å². The minimum Gasteiger partial charge on any atom is -0.381 e. The molecule has 41 heavy (non-hydrogen) atoms. The lowest BCUT2D eigenvalue weighted by atomic mass is 9.67. The van der Waals surface area contributed by atoms with Crippen molar-refractivity contribution >= 4 is 5.91 Å². The Labute approximate surface area is 244 Å². The first kappa shape index (κ1) is 29.9. The summed E-state index contributed by atoms with van der Waals surface area (Å²) in [5, 5.41) is 15.9. The van der Waals surface area contributed by atoms with Crippen LogP contribution in [0.15, 0.2) is 77.5 Å². The molecule has 2 atom stereocenters. The third-order valence-electron chi connectivity index (χ3n) is 8.30. The molecule has 0 saturated carbocycles. The highest BCUT2D eigenvalue weighted by Gasteiger charge is 2.45. The second kappa shape index (κ2) is 12.2. The van der Waals surface area contributed by atoms with Gasteiger partial charge in [0.15, 0.2) is 5.82 Å². The summed E-state index contributed by atoms with van der Waals surface area (Å²) < 4.78 is 0. The van der Waals surface area contributed by atoms with E-state index in [1.807, 2.05) is 26.2 Å². The van der Waals surface area contributed by atoms with Gasteiger partial charge in [-0.2, -0.15) is 5.21 Å². The lowest BCUT2D eigenvalue weighted by Gasteiger charge is -2.36. The van der Waals surface area contributed by atoms with Crippen molar-refractivity contribution in [1.82, 2.24) is 30.4 Å². The van der Waals surface area contributed by atoms with Crippen LogP contribution < -0.4 is 5.73 Å². The summed E-state index contributed by atoms with van der Waals surface area (Å²) in [4.78, 5) is 16.6. The Kier molecular flexibility index (Phi) is 8.92. The van der Waals surface area contributed by atoms with Crippen molar-refractivity contribution in [3.05, 3.63) is 111 Å². The summed E-state index contributed by atoms with van der Waals surface area (Å²) in [6, 6.07) is 14.1. The van der Waals surface area contributed by atoms with E-state index >= 15 is 0 Å². The maximum Gasteiger partial charge on any atom is 0.253 e. The van der Waals surface area contributed by atoms with E-state index in [9.17, 15) is 4.79 Å². The molecule has 1 heterocycles. The summed E-state index contributed by atoms with van der Waals surface area (Å²) in [5.41, 5.74) is 15.9. The molecule has 1 amide bonds. The Morgan fingerprint density at radius 3 is 2.41 bits per heavy atom. The number of H-pyrrole nitrogens is 1. The number of nitrogens with one attached hydrogen (secondary N) is 1. The monoisotopic (exact) mass is 553 g/mol. The molecule has 1 aliphatic carbocycles. The van der Waals surface area contributed by atoms with Gasteiger partial charge < -0.3 is 15.5 Å². The molecule has 216 valence electrons. The van der Waals surface area contributed by atoms with Gasteiger partial charge >= 0.3 is 0 Å². The van der Waals surface area contributed by atoms with Crippen LogP contribution in [0.3, 0.4) is 0 Å². The highest BCUT2D eigenvalue weighted by atomic mass is 16.2. The van der Waals surface area contributed by atoms with Crippen molar-refractivity contribution in [3.8, 4) is 0 Å². The van der Waals surface area contributed by atoms with Crippen LogP contribution in [0.1, 0.15) is 77.6 Å². The minimum atomic E-state index is -0.756. The number of hydrogen-bond acceptors (Lipinski definition) is 6. The quantitative estimate of drug-likeness (QED) is 0.375. The summed E-state index contributed by atoms with van der Waals surface area (Å²) in [5.74, 6) is 0.551. The fraction of sp³-hybridized carbons (Fsp3) is 0.394. The number of aryl methyl sites for hydroxylation is 2. The average Bonchev–Trinajstić information content (AvgIpc) is 3.45. The van der Waals surface area contributed by atoms with Crippen molar-refractivity contribution in [2.75, 3.05) is 28.2 Å². The summed E-state index contributed by atoms with van der Waals surface area (Å²) >= 11 is 0. The van der Waals surface area contributed by atoms with Crippen LogP contribution >= 0.6 is 0 Å². The van der Waals surface area contributed by atoms with Crippen molar-refractivity contribution in [2.45, 2.75) is 57.9 Å². The van der Waals surface area contributed by atoms with Gasteiger partial charge in [-0.05, 0) is 74.4 Å². The highest BCUT2D eigenvalue weighted by molar-refractivity contribution is 5.94. The number of rotatable bonds is 9. The van der Waals surface area contributed by atoms with E-state index in [4.69, 9.17) is 5.73 Å². The number of nitrogens with zero attached hydrogens (tertiary/aromatic N) is 5. The van der Waals surface area contributed by atoms with Crippen molar-refractivity contribution in [1.29, 1.82) is 0 Å². The van der Waals surface area contributed by atoms with Gasteiger partial charge in [-0.1, -0.05) is 64.9 Å². The van der Waals surface area contributed by atoms with Gasteiger partial charge in [0.25, 0.3) is 5.91 Å². The number of carbonyl (C=O) groups is 1. The predicted molar refractivity (Wildman–Crippen MR) is 164 cm³/mol. The van der Waals surface area contributed by atoms with Gasteiger partial charge in [0.1, 0.15) is 0 Å². The Morgan fingerprint density at radius 2 is 1.80 bits per heavy atom. The molecule has 1 aliphatic rings. The molecular weight excluding hydrogens is 510 g/mol. The number of aromatic amines is 1. The molecule has 0 radical (unpaired) electrons. The molecule has 8 nitrogen and oxygen atoms in total. The van der Waals surface area contributed by atoms with Gasteiger partial charge in [0, 0.05) is 51.9 Å². The maximum absolute atomic E-state index is 13.0. The second-order valence-corrected chi connectivity index (χ2v) is 11.7. The third kappa shape index (κ3) is 6.17. The van der Waals surface area contributed by atoms with Crippen LogP contribution in [0, 0.1) is 6.92 Å². The van der Waals surface area contributed by atoms with Crippen LogP contribution in [0.5, 0.6) is 0 Å². The molecule has 0 saturated heterocycles. The Bertz CT molecular complexity index is 1470. The van der Waals surface area contributed by atoms with Crippen molar-refractivity contribution in [2.24, 2.45) is 5.73 Å². The lowest BCUT2D eigenvalue weighted by molar-refractivity contribution is 0.0827. The molecule has 0 spiro atoms. The standard InChI is InChI=1S/C33H43N7O/c1-21-9-11-25(12-10-21)30(34)20-33(32-35-37-38-36-32)24(4)26(18-22(2)17-23(3)39(5)6)13-14-27-19-28(15-16-29(27)33)31(41)40(7)8/h9-12,15-16,18-19,30H,3,13-14,17,20,34H2,1-2,4-8H3,(H,35,36,37,38)/b22-18+. The zero-order chi connectivity index (χ0) is 29.9. The lowest BCUT2D eigenvalue weighted by Crippen LogP contribution is -2.36. The first-order valence-electron chi connectivity index (χ1n) is 14.1. The largest absolute Gasteiger partial charge is 0.381 e. The normalized spacial score (nSPS) is 18.0. The molecule has 2 unspecified atom stereocenters. The predicted octanol–water partition coefficient (Wildman–Crippen LogP) is 5.26. The zero-order valence-electron chi connectivity index (χ0n) is 25.5. The van der Waals surface area contributed by atoms with E-state index in [1.165, 1.54) is 16.7 Å². The number of allylic oxidation sites excluding steroid dienone is 4. The van der Waals surface area contributed by atoms with Crippen LogP contribution in [-0.4, -0.2) is 64.5 Å². The van der Waals surface area contributed by atoms with Crippen LogP contribution in [0.4, 0.5) is 0 Å². The number of tetrazole rings is 1. The van der Waals surface area contributed by atoms with Gasteiger partial charge in [0.05, 0.1) is 5.41 Å². The summed E-state index contributed by atoms with van der Waals surface area (Å²) in [7, 11) is 7.58. The zero-order valence-corrected chi connectivity index (χ0v) is 25.5. The summed E-state index contributed by atoms with van der Waals surface area (Å²) in [6.07, 6.45) is 5.18. The van der Waals surface area contributed by atoms with E-state index in [-0.39, 0.29) is 11.9 Å². The smallest absolute Gasteiger partial charge is 0.253 e. The van der Waals surface area contributed by atoms with Gasteiger partial charge in [-0.15, -0.1) is 10.2 Å². The number of carbonyl (C=O) groups excluding carboxylic acids is 1. The van der Waals surface area contributed by atoms with Crippen LogP contribution in [-0.2, 0) is 11.8 Å². The van der Waals surface area contributed by atoms with E-state index < -0.39 is 5.41 Å². The molecule has 0 aliphatic heterocycles. The van der Waals surface area contributed by atoms with E-state index in [1.54, 1.807) is 19.0 Å². The third-order valence-corrected chi connectivity index (χ3v) is 8.30. The van der Waals surface area contributed by atoms with E-state index in [0.29, 0.717) is 17.8 Å². The maximum atomic E-state index is 13.0. The Hall–Kier alpha value is -4.04. The molecule has 2 aromatic carbocycles. The van der Waals surface area contributed by atoms with Gasteiger partial charge in [-0.25, -0.2) is 0 Å². The number of amides is 1. The molecule has 1 aromatic heterocycles. The molecule has 8 heteroatoms. The Morgan fingerprint density at radius 1 is 1.10 bits per heavy atom. The highest BCUT2D eigenvalue weighted by Crippen LogP contribution is 2.49. The Balaban J connectivity index is 1.95.